The van der Waals surface area contributed by atoms with E-state index in [2.05, 4.69) is 10.3 Å². The summed E-state index contributed by atoms with van der Waals surface area (Å²) in [5, 5.41) is 2.89. The van der Waals surface area contributed by atoms with E-state index in [1.165, 1.54) is 5.56 Å². The molecule has 118 valence electrons. The van der Waals surface area contributed by atoms with Crippen LogP contribution in [0.1, 0.15) is 29.4 Å². The smallest absolute Gasteiger partial charge is 0.267 e. The van der Waals surface area contributed by atoms with Gasteiger partial charge in [-0.3, -0.25) is 4.79 Å². The van der Waals surface area contributed by atoms with E-state index in [9.17, 15) is 4.79 Å². The molecule has 1 heterocycles. The van der Waals surface area contributed by atoms with Gasteiger partial charge in [0.2, 0.25) is 0 Å². The molecule has 2 N–H and O–H groups in total. The Hall–Kier alpha value is -2.43. The van der Waals surface area contributed by atoms with Gasteiger partial charge in [-0.15, -0.1) is 0 Å². The number of amides is 1. The molecule has 0 saturated carbocycles. The molecule has 0 bridgehead atoms. The van der Waals surface area contributed by atoms with E-state index in [1.54, 1.807) is 19.4 Å². The van der Waals surface area contributed by atoms with Gasteiger partial charge in [0.05, 0.1) is 13.7 Å². The summed E-state index contributed by atoms with van der Waals surface area (Å²) < 4.78 is 10.8. The van der Waals surface area contributed by atoms with Gasteiger partial charge in [0, 0.05) is 12.7 Å². The number of nitrogens with one attached hydrogen (secondary N) is 2. The molecule has 2 rings (SSSR count). The second-order valence-electron chi connectivity index (χ2n) is 4.86. The molecule has 0 aliphatic heterocycles. The lowest BCUT2D eigenvalue weighted by molar-refractivity contribution is 0.0949. The molecule has 0 fully saturated rings. The number of aryl methyl sites for hydroxylation is 1. The van der Waals surface area contributed by atoms with Crippen molar-refractivity contribution in [1.82, 2.24) is 10.3 Å². The van der Waals surface area contributed by atoms with Crippen molar-refractivity contribution in [1.29, 1.82) is 0 Å². The lowest BCUT2D eigenvalue weighted by Gasteiger charge is -2.11. The summed E-state index contributed by atoms with van der Waals surface area (Å²) in [7, 11) is 1.63. The molecule has 0 spiro atoms. The zero-order valence-corrected chi connectivity index (χ0v) is 13.0. The maximum Gasteiger partial charge on any atom is 0.267 e. The van der Waals surface area contributed by atoms with Crippen molar-refractivity contribution in [3.05, 3.63) is 47.8 Å². The molecule has 1 aromatic heterocycles. The predicted octanol–water partition coefficient (Wildman–Crippen LogP) is 2.78. The molecule has 0 atom stereocenters. The van der Waals surface area contributed by atoms with Gasteiger partial charge in [0.25, 0.3) is 5.91 Å². The van der Waals surface area contributed by atoms with E-state index < -0.39 is 0 Å². The van der Waals surface area contributed by atoms with Crippen LogP contribution in [0.4, 0.5) is 0 Å². The zero-order valence-electron chi connectivity index (χ0n) is 13.0. The minimum atomic E-state index is -0.0743. The van der Waals surface area contributed by atoms with Gasteiger partial charge in [-0.2, -0.15) is 0 Å². The van der Waals surface area contributed by atoms with Crippen LogP contribution in [-0.4, -0.2) is 31.2 Å². The van der Waals surface area contributed by atoms with Crippen LogP contribution in [-0.2, 0) is 6.42 Å². The largest absolute Gasteiger partial charge is 0.493 e. The van der Waals surface area contributed by atoms with E-state index in [0.29, 0.717) is 18.8 Å². The second kappa shape index (κ2) is 8.12. The Balaban J connectivity index is 1.81. The third kappa shape index (κ3) is 4.28. The molecule has 5 heteroatoms. The Kier molecular flexibility index (Phi) is 5.89. The van der Waals surface area contributed by atoms with Gasteiger partial charge in [0.15, 0.2) is 11.5 Å². The summed E-state index contributed by atoms with van der Waals surface area (Å²) in [4.78, 5) is 14.6. The third-order valence-corrected chi connectivity index (χ3v) is 3.30. The summed E-state index contributed by atoms with van der Waals surface area (Å²) in [5.41, 5.74) is 1.75. The van der Waals surface area contributed by atoms with Gasteiger partial charge < -0.3 is 19.8 Å². The highest BCUT2D eigenvalue weighted by molar-refractivity contribution is 5.92. The number of ether oxygens (including phenoxy) is 2. The normalized spacial score (nSPS) is 10.3. The first kappa shape index (κ1) is 15.9. The van der Waals surface area contributed by atoms with Crippen LogP contribution in [0.3, 0.4) is 0 Å². The fraction of sp³-hybridized carbons (Fsp3) is 0.353. The Morgan fingerprint density at radius 1 is 1.27 bits per heavy atom. The second-order valence-corrected chi connectivity index (χ2v) is 4.86. The Bertz CT molecular complexity index is 594. The number of H-pyrrole nitrogens is 1. The predicted molar refractivity (Wildman–Crippen MR) is 85.6 cm³/mol. The van der Waals surface area contributed by atoms with Crippen molar-refractivity contribution < 1.29 is 14.3 Å². The van der Waals surface area contributed by atoms with Gasteiger partial charge >= 0.3 is 0 Å². The van der Waals surface area contributed by atoms with E-state index in [-0.39, 0.29) is 5.91 Å². The first-order valence-electron chi connectivity index (χ1n) is 7.46. The average molecular weight is 302 g/mol. The third-order valence-electron chi connectivity index (χ3n) is 3.30. The van der Waals surface area contributed by atoms with Gasteiger partial charge in [-0.25, -0.2) is 0 Å². The van der Waals surface area contributed by atoms with E-state index in [0.717, 1.165) is 24.3 Å². The van der Waals surface area contributed by atoms with Crippen molar-refractivity contribution in [3.8, 4) is 11.5 Å². The van der Waals surface area contributed by atoms with Crippen LogP contribution in [0.25, 0.3) is 0 Å². The number of hydrogen-bond donors (Lipinski definition) is 2. The van der Waals surface area contributed by atoms with Crippen LogP contribution < -0.4 is 14.8 Å². The van der Waals surface area contributed by atoms with Gasteiger partial charge in [0.1, 0.15) is 5.69 Å². The van der Waals surface area contributed by atoms with Crippen molar-refractivity contribution in [2.45, 2.75) is 19.8 Å². The maximum atomic E-state index is 11.8. The fourth-order valence-corrected chi connectivity index (χ4v) is 2.21. The number of carbonyl (C=O) groups is 1. The monoisotopic (exact) mass is 302 g/mol. The summed E-state index contributed by atoms with van der Waals surface area (Å²) in [6.07, 6.45) is 3.47. The first-order chi connectivity index (χ1) is 10.7. The van der Waals surface area contributed by atoms with Gasteiger partial charge in [-0.05, 0) is 49.6 Å². The standard InChI is InChI=1S/C17H22N2O3/c1-3-22-16-12-13(8-9-15(16)21-2)6-4-11-19-17(20)14-7-5-10-18-14/h5,7-10,12,18H,3-4,6,11H2,1-2H3,(H,19,20). The van der Waals surface area contributed by atoms with E-state index in [4.69, 9.17) is 9.47 Å². The SMILES string of the molecule is CCOc1cc(CCCNC(=O)c2ccc[nH]2)ccc1OC. The zero-order chi connectivity index (χ0) is 15.8. The van der Waals surface area contributed by atoms with Crippen molar-refractivity contribution >= 4 is 5.91 Å². The molecule has 22 heavy (non-hydrogen) atoms. The number of benzene rings is 1. The average Bonchev–Trinajstić information content (AvgIpc) is 3.06. The van der Waals surface area contributed by atoms with Crippen molar-refractivity contribution in [2.75, 3.05) is 20.3 Å². The number of carbonyl (C=O) groups excluding carboxylic acids is 1. The first-order valence-corrected chi connectivity index (χ1v) is 7.46. The molecule has 1 amide bonds. The maximum absolute atomic E-state index is 11.8. The topological polar surface area (TPSA) is 63.3 Å². The Morgan fingerprint density at radius 2 is 2.14 bits per heavy atom. The van der Waals surface area contributed by atoms with Gasteiger partial charge in [-0.1, -0.05) is 6.07 Å². The Morgan fingerprint density at radius 3 is 2.82 bits per heavy atom. The number of aromatic amines is 1. The van der Waals surface area contributed by atoms with E-state index in [1.807, 2.05) is 31.2 Å². The highest BCUT2D eigenvalue weighted by Gasteiger charge is 2.07. The van der Waals surface area contributed by atoms with E-state index >= 15 is 0 Å². The highest BCUT2D eigenvalue weighted by atomic mass is 16.5. The Labute approximate surface area is 130 Å². The van der Waals surface area contributed by atoms with Crippen LogP contribution in [0.5, 0.6) is 11.5 Å². The lowest BCUT2D eigenvalue weighted by Crippen LogP contribution is -2.25. The molecule has 0 aliphatic carbocycles. The minimum Gasteiger partial charge on any atom is -0.493 e. The van der Waals surface area contributed by atoms with Crippen LogP contribution >= 0.6 is 0 Å². The van der Waals surface area contributed by atoms with Crippen molar-refractivity contribution in [2.24, 2.45) is 0 Å². The van der Waals surface area contributed by atoms with Crippen LogP contribution in [0.15, 0.2) is 36.5 Å². The van der Waals surface area contributed by atoms with Crippen LogP contribution in [0, 0.1) is 0 Å². The van der Waals surface area contributed by atoms with Crippen molar-refractivity contribution in [3.63, 3.8) is 0 Å². The molecule has 0 radical (unpaired) electrons. The molecule has 0 unspecified atom stereocenters. The number of hydrogen-bond acceptors (Lipinski definition) is 3. The molecule has 0 aliphatic rings. The summed E-state index contributed by atoms with van der Waals surface area (Å²) in [6.45, 7) is 3.18. The summed E-state index contributed by atoms with van der Waals surface area (Å²) >= 11 is 0. The van der Waals surface area contributed by atoms with Crippen LogP contribution in [0.2, 0.25) is 0 Å². The summed E-state index contributed by atoms with van der Waals surface area (Å²) in [5.74, 6) is 1.43. The molecule has 5 nitrogen and oxygen atoms in total. The minimum absolute atomic E-state index is 0.0743. The molecule has 0 saturated heterocycles. The molecule has 1 aromatic carbocycles. The molecular weight excluding hydrogens is 280 g/mol. The number of rotatable bonds is 8. The highest BCUT2D eigenvalue weighted by Crippen LogP contribution is 2.28. The quantitative estimate of drug-likeness (QED) is 0.737. The summed E-state index contributed by atoms with van der Waals surface area (Å²) in [6, 6.07) is 9.50. The molecule has 2 aromatic rings. The number of methoxy groups -OCH3 is 1. The molecular formula is C17H22N2O3. The lowest BCUT2D eigenvalue weighted by atomic mass is 10.1. The number of aromatic nitrogens is 1. The fourth-order valence-electron chi connectivity index (χ4n) is 2.21.